The summed E-state index contributed by atoms with van der Waals surface area (Å²) >= 11 is 0. The highest BCUT2D eigenvalue weighted by Crippen LogP contribution is 2.39. The first-order chi connectivity index (χ1) is 16.9. The molecule has 4 aromatic rings. The SMILES string of the molecule is CCC(CCOC)c1nc2cnc3cc(-c4c(C)noc4C)c(OC)cc3c2n1CCOC(F)F. The van der Waals surface area contributed by atoms with Gasteiger partial charge in [0.1, 0.15) is 22.9 Å². The summed E-state index contributed by atoms with van der Waals surface area (Å²) in [5.41, 5.74) is 4.65. The molecule has 0 amide bonds. The highest BCUT2D eigenvalue weighted by Gasteiger charge is 2.23. The molecular formula is C25H30F2N4O4. The third-order valence-corrected chi connectivity index (χ3v) is 6.31. The molecule has 0 aliphatic heterocycles. The fourth-order valence-corrected chi connectivity index (χ4v) is 4.64. The first kappa shape index (κ1) is 25.0. The molecule has 0 N–H and O–H groups in total. The van der Waals surface area contributed by atoms with Crippen LogP contribution >= 0.6 is 0 Å². The lowest BCUT2D eigenvalue weighted by Crippen LogP contribution is -2.15. The van der Waals surface area contributed by atoms with Crippen LogP contribution < -0.4 is 4.74 Å². The molecule has 0 saturated heterocycles. The molecule has 1 atom stereocenters. The van der Waals surface area contributed by atoms with Gasteiger partial charge < -0.3 is 23.3 Å². The first-order valence-corrected chi connectivity index (χ1v) is 11.6. The number of alkyl halides is 2. The Labute approximate surface area is 202 Å². The van der Waals surface area contributed by atoms with E-state index >= 15 is 0 Å². The highest BCUT2D eigenvalue weighted by atomic mass is 19.3. The van der Waals surface area contributed by atoms with Crippen LogP contribution in [0, 0.1) is 13.8 Å². The third-order valence-electron chi connectivity index (χ3n) is 6.31. The number of rotatable bonds is 11. The second kappa shape index (κ2) is 10.7. The van der Waals surface area contributed by atoms with Crippen molar-refractivity contribution in [2.24, 2.45) is 0 Å². The number of fused-ring (bicyclic) bond motifs is 3. The highest BCUT2D eigenvalue weighted by molar-refractivity contribution is 6.05. The van der Waals surface area contributed by atoms with E-state index < -0.39 is 6.61 Å². The zero-order valence-electron chi connectivity index (χ0n) is 20.6. The minimum Gasteiger partial charge on any atom is -0.496 e. The molecule has 1 unspecified atom stereocenters. The van der Waals surface area contributed by atoms with Gasteiger partial charge in [-0.05, 0) is 38.8 Å². The van der Waals surface area contributed by atoms with Crippen LogP contribution in [0.15, 0.2) is 22.9 Å². The Morgan fingerprint density at radius 1 is 1.11 bits per heavy atom. The molecule has 3 aromatic heterocycles. The van der Waals surface area contributed by atoms with E-state index in [0.29, 0.717) is 23.6 Å². The Hall–Kier alpha value is -3.11. The fraction of sp³-hybridized carbons (Fsp3) is 0.480. The quantitative estimate of drug-likeness (QED) is 0.270. The summed E-state index contributed by atoms with van der Waals surface area (Å²) in [6, 6.07) is 3.85. The van der Waals surface area contributed by atoms with E-state index in [0.717, 1.165) is 51.9 Å². The summed E-state index contributed by atoms with van der Waals surface area (Å²) in [7, 11) is 3.26. The van der Waals surface area contributed by atoms with Crippen LogP contribution in [-0.2, 0) is 16.0 Å². The lowest BCUT2D eigenvalue weighted by molar-refractivity contribution is -0.130. The molecule has 0 aliphatic rings. The number of halogens is 2. The van der Waals surface area contributed by atoms with E-state index in [2.05, 4.69) is 21.8 Å². The number of aryl methyl sites for hydroxylation is 2. The number of methoxy groups -OCH3 is 2. The maximum absolute atomic E-state index is 12.8. The zero-order chi connectivity index (χ0) is 25.1. The van der Waals surface area contributed by atoms with Crippen molar-refractivity contribution in [3.63, 3.8) is 0 Å². The topological polar surface area (TPSA) is 84.4 Å². The number of pyridine rings is 1. The van der Waals surface area contributed by atoms with E-state index in [1.54, 1.807) is 20.4 Å². The van der Waals surface area contributed by atoms with E-state index in [-0.39, 0.29) is 19.1 Å². The van der Waals surface area contributed by atoms with Gasteiger partial charge in [-0.25, -0.2) is 4.98 Å². The van der Waals surface area contributed by atoms with Crippen LogP contribution in [0.1, 0.15) is 43.0 Å². The molecule has 0 radical (unpaired) electrons. The Morgan fingerprint density at radius 2 is 1.91 bits per heavy atom. The molecule has 188 valence electrons. The normalized spacial score (nSPS) is 12.8. The van der Waals surface area contributed by atoms with Crippen LogP contribution in [0.4, 0.5) is 8.78 Å². The molecule has 4 rings (SSSR count). The number of aromatic nitrogens is 4. The van der Waals surface area contributed by atoms with Crippen LogP contribution in [0.2, 0.25) is 0 Å². The van der Waals surface area contributed by atoms with E-state index in [9.17, 15) is 8.78 Å². The molecule has 0 bridgehead atoms. The second-order valence-corrected chi connectivity index (χ2v) is 8.40. The van der Waals surface area contributed by atoms with Gasteiger partial charge in [-0.15, -0.1) is 0 Å². The number of imidazole rings is 1. The third kappa shape index (κ3) is 4.85. The minimum atomic E-state index is -2.83. The number of hydrogen-bond acceptors (Lipinski definition) is 7. The summed E-state index contributed by atoms with van der Waals surface area (Å²) < 4.78 is 48.5. The Balaban J connectivity index is 1.94. The molecule has 0 fully saturated rings. The summed E-state index contributed by atoms with van der Waals surface area (Å²) in [6.07, 6.45) is 3.31. The molecule has 35 heavy (non-hydrogen) atoms. The Morgan fingerprint density at radius 3 is 2.54 bits per heavy atom. The predicted octanol–water partition coefficient (Wildman–Crippen LogP) is 5.63. The minimum absolute atomic E-state index is 0.0902. The average Bonchev–Trinajstić information content (AvgIpc) is 3.38. The molecule has 0 saturated carbocycles. The lowest BCUT2D eigenvalue weighted by Gasteiger charge is -2.18. The van der Waals surface area contributed by atoms with Gasteiger partial charge in [0.25, 0.3) is 0 Å². The van der Waals surface area contributed by atoms with Gasteiger partial charge in [0.2, 0.25) is 0 Å². The van der Waals surface area contributed by atoms with Gasteiger partial charge in [-0.3, -0.25) is 4.98 Å². The van der Waals surface area contributed by atoms with Crippen molar-refractivity contribution >= 4 is 21.9 Å². The van der Waals surface area contributed by atoms with Crippen molar-refractivity contribution in [3.8, 4) is 16.9 Å². The van der Waals surface area contributed by atoms with Crippen molar-refractivity contribution < 1.29 is 27.5 Å². The predicted molar refractivity (Wildman–Crippen MR) is 128 cm³/mol. The maximum atomic E-state index is 12.8. The van der Waals surface area contributed by atoms with Crippen LogP contribution in [0.3, 0.4) is 0 Å². The Kier molecular flexibility index (Phi) is 7.61. The van der Waals surface area contributed by atoms with Gasteiger partial charge in [0, 0.05) is 37.1 Å². The standard InChI is InChI=1S/C25H30F2N4O4/c1-6-16(7-9-32-4)24-29-20-13-28-19-11-18(22-14(2)30-35-15(22)3)21(33-5)12-17(19)23(20)31(24)8-10-34-25(26)27/h11-13,16,25H,6-10H2,1-5H3. The summed E-state index contributed by atoms with van der Waals surface area (Å²) in [5, 5.41) is 4.88. The smallest absolute Gasteiger partial charge is 0.345 e. The molecule has 0 aliphatic carbocycles. The summed E-state index contributed by atoms with van der Waals surface area (Å²) in [5.74, 6) is 2.21. The average molecular weight is 489 g/mol. The van der Waals surface area contributed by atoms with Crippen molar-refractivity contribution in [1.82, 2.24) is 19.7 Å². The van der Waals surface area contributed by atoms with Gasteiger partial charge in [0.15, 0.2) is 0 Å². The second-order valence-electron chi connectivity index (χ2n) is 8.40. The first-order valence-electron chi connectivity index (χ1n) is 11.6. The van der Waals surface area contributed by atoms with Crippen molar-refractivity contribution in [2.75, 3.05) is 27.4 Å². The number of hydrogen-bond donors (Lipinski definition) is 0. The van der Waals surface area contributed by atoms with Gasteiger partial charge in [0.05, 0.1) is 42.2 Å². The molecular weight excluding hydrogens is 458 g/mol. The largest absolute Gasteiger partial charge is 0.496 e. The van der Waals surface area contributed by atoms with Crippen LogP contribution in [0.25, 0.3) is 33.1 Å². The molecule has 10 heteroatoms. The maximum Gasteiger partial charge on any atom is 0.345 e. The molecule has 0 spiro atoms. The van der Waals surface area contributed by atoms with Crippen LogP contribution in [-0.4, -0.2) is 53.7 Å². The zero-order valence-corrected chi connectivity index (χ0v) is 20.6. The summed E-state index contributed by atoms with van der Waals surface area (Å²) in [6.45, 7) is 3.63. The van der Waals surface area contributed by atoms with Gasteiger partial charge in [-0.2, -0.15) is 8.78 Å². The lowest BCUT2D eigenvalue weighted by atomic mass is 10.00. The summed E-state index contributed by atoms with van der Waals surface area (Å²) in [4.78, 5) is 9.54. The van der Waals surface area contributed by atoms with E-state index in [1.165, 1.54) is 0 Å². The van der Waals surface area contributed by atoms with Crippen LogP contribution in [0.5, 0.6) is 5.75 Å². The van der Waals surface area contributed by atoms with Crippen molar-refractivity contribution in [1.29, 1.82) is 0 Å². The van der Waals surface area contributed by atoms with E-state index in [1.807, 2.05) is 30.5 Å². The number of benzene rings is 1. The molecule has 8 nitrogen and oxygen atoms in total. The van der Waals surface area contributed by atoms with Crippen molar-refractivity contribution in [3.05, 3.63) is 35.6 Å². The van der Waals surface area contributed by atoms with Gasteiger partial charge >= 0.3 is 6.61 Å². The fourth-order valence-electron chi connectivity index (χ4n) is 4.64. The number of nitrogens with zero attached hydrogens (tertiary/aromatic N) is 4. The Bertz CT molecular complexity index is 1300. The molecule has 1 aromatic carbocycles. The monoisotopic (exact) mass is 488 g/mol. The number of ether oxygens (including phenoxy) is 3. The van der Waals surface area contributed by atoms with Gasteiger partial charge in [-0.1, -0.05) is 12.1 Å². The molecule has 3 heterocycles. The van der Waals surface area contributed by atoms with Crippen molar-refractivity contribution in [2.45, 2.75) is 52.7 Å². The van der Waals surface area contributed by atoms with E-state index in [4.69, 9.17) is 19.0 Å².